The van der Waals surface area contributed by atoms with Crippen LogP contribution in [0.1, 0.15) is 40.5 Å². The Morgan fingerprint density at radius 1 is 1.16 bits per heavy atom. The molecule has 1 aliphatic heterocycles. The fraction of sp³-hybridized carbons (Fsp3) is 0.300. The average molecular weight is 339 g/mol. The number of benzene rings is 2. The maximum absolute atomic E-state index is 12.4. The smallest absolute Gasteiger partial charge is 0.255 e. The first kappa shape index (κ1) is 17.2. The lowest BCUT2D eigenvalue weighted by atomic mass is 10.1. The fourth-order valence-electron chi connectivity index (χ4n) is 2.68. The molecule has 5 heteroatoms. The normalized spacial score (nSPS) is 16.4. The molecule has 1 fully saturated rings. The molecule has 0 bridgehead atoms. The molecule has 1 unspecified atom stereocenters. The molecule has 1 heterocycles. The van der Waals surface area contributed by atoms with E-state index in [2.05, 4.69) is 5.32 Å². The zero-order valence-electron chi connectivity index (χ0n) is 14.2. The molecule has 1 amide bonds. The van der Waals surface area contributed by atoms with Gasteiger partial charge >= 0.3 is 0 Å². The average Bonchev–Trinajstić information content (AvgIpc) is 3.14. The summed E-state index contributed by atoms with van der Waals surface area (Å²) in [4.78, 5) is 23.7. The number of carbonyl (C=O) groups excluding carboxylic acids is 2. The van der Waals surface area contributed by atoms with Crippen molar-refractivity contribution in [1.82, 2.24) is 0 Å². The predicted octanol–water partition coefficient (Wildman–Crippen LogP) is 3.70. The summed E-state index contributed by atoms with van der Waals surface area (Å²) in [6.07, 6.45) is 2.22. The third-order valence-electron chi connectivity index (χ3n) is 4.11. The van der Waals surface area contributed by atoms with Crippen molar-refractivity contribution in [3.8, 4) is 5.75 Å². The van der Waals surface area contributed by atoms with E-state index in [9.17, 15) is 9.59 Å². The lowest BCUT2D eigenvalue weighted by Crippen LogP contribution is -2.17. The zero-order valence-corrected chi connectivity index (χ0v) is 14.2. The van der Waals surface area contributed by atoms with Crippen LogP contribution in [0, 0.1) is 0 Å². The Morgan fingerprint density at radius 2 is 1.96 bits per heavy atom. The van der Waals surface area contributed by atoms with Gasteiger partial charge in [-0.25, -0.2) is 0 Å². The zero-order chi connectivity index (χ0) is 17.6. The third-order valence-corrected chi connectivity index (χ3v) is 4.11. The van der Waals surface area contributed by atoms with Gasteiger partial charge in [-0.05, 0) is 62.2 Å². The van der Waals surface area contributed by atoms with Crippen LogP contribution in [0.2, 0.25) is 0 Å². The van der Waals surface area contributed by atoms with E-state index in [1.165, 1.54) is 6.92 Å². The third kappa shape index (κ3) is 4.67. The van der Waals surface area contributed by atoms with Crippen LogP contribution in [0.5, 0.6) is 5.75 Å². The van der Waals surface area contributed by atoms with Gasteiger partial charge in [-0.1, -0.05) is 6.07 Å². The molecule has 1 N–H and O–H groups in total. The second kappa shape index (κ2) is 7.94. The minimum absolute atomic E-state index is 0.00558. The number of hydrogen-bond donors (Lipinski definition) is 1. The number of rotatable bonds is 6. The first-order valence-corrected chi connectivity index (χ1v) is 8.38. The number of anilines is 1. The molecule has 1 saturated heterocycles. The highest BCUT2D eigenvalue weighted by Gasteiger charge is 2.16. The van der Waals surface area contributed by atoms with Crippen LogP contribution in [0.25, 0.3) is 0 Å². The Labute approximate surface area is 147 Å². The maximum Gasteiger partial charge on any atom is 0.255 e. The van der Waals surface area contributed by atoms with Crippen molar-refractivity contribution in [3.63, 3.8) is 0 Å². The standard InChI is InChI=1S/C20H21NO4/c1-14(22)15-7-9-17(10-8-15)21-20(23)16-4-2-5-18(12-16)25-13-19-6-3-11-24-19/h2,4-5,7-10,12,19H,3,6,11,13H2,1H3,(H,21,23). The van der Waals surface area contributed by atoms with E-state index in [0.717, 1.165) is 19.4 Å². The van der Waals surface area contributed by atoms with Crippen molar-refractivity contribution in [1.29, 1.82) is 0 Å². The van der Waals surface area contributed by atoms with Crippen molar-refractivity contribution in [2.45, 2.75) is 25.9 Å². The molecule has 25 heavy (non-hydrogen) atoms. The summed E-state index contributed by atoms with van der Waals surface area (Å²) in [6.45, 7) is 2.80. The Bertz CT molecular complexity index is 749. The molecular formula is C20H21NO4. The van der Waals surface area contributed by atoms with Crippen LogP contribution in [0.15, 0.2) is 48.5 Å². The molecule has 1 atom stereocenters. The van der Waals surface area contributed by atoms with Crippen molar-refractivity contribution in [2.24, 2.45) is 0 Å². The van der Waals surface area contributed by atoms with Crippen molar-refractivity contribution in [3.05, 3.63) is 59.7 Å². The summed E-state index contributed by atoms with van der Waals surface area (Å²) >= 11 is 0. The Kier molecular flexibility index (Phi) is 5.46. The van der Waals surface area contributed by atoms with E-state index in [0.29, 0.717) is 29.2 Å². The van der Waals surface area contributed by atoms with E-state index in [-0.39, 0.29) is 17.8 Å². The van der Waals surface area contributed by atoms with E-state index in [1.807, 2.05) is 6.07 Å². The van der Waals surface area contributed by atoms with E-state index in [1.54, 1.807) is 42.5 Å². The van der Waals surface area contributed by atoms with E-state index < -0.39 is 0 Å². The monoisotopic (exact) mass is 339 g/mol. The van der Waals surface area contributed by atoms with Crippen molar-refractivity contribution >= 4 is 17.4 Å². The predicted molar refractivity (Wildman–Crippen MR) is 95.3 cm³/mol. The highest BCUT2D eigenvalue weighted by Crippen LogP contribution is 2.18. The number of Topliss-reactive ketones (excluding diaryl/α,β-unsaturated/α-hetero) is 1. The molecule has 0 aliphatic carbocycles. The number of ether oxygens (including phenoxy) is 2. The highest BCUT2D eigenvalue weighted by molar-refractivity contribution is 6.04. The van der Waals surface area contributed by atoms with Gasteiger partial charge in [-0.3, -0.25) is 9.59 Å². The van der Waals surface area contributed by atoms with Crippen LogP contribution >= 0.6 is 0 Å². The lowest BCUT2D eigenvalue weighted by Gasteiger charge is -2.12. The Morgan fingerprint density at radius 3 is 2.64 bits per heavy atom. The molecule has 130 valence electrons. The minimum atomic E-state index is -0.224. The van der Waals surface area contributed by atoms with Gasteiger partial charge in [0.15, 0.2) is 5.78 Å². The maximum atomic E-state index is 12.4. The van der Waals surface area contributed by atoms with Crippen molar-refractivity contribution in [2.75, 3.05) is 18.5 Å². The van der Waals surface area contributed by atoms with Crippen LogP contribution in [0.4, 0.5) is 5.69 Å². The van der Waals surface area contributed by atoms with Crippen LogP contribution in [0.3, 0.4) is 0 Å². The highest BCUT2D eigenvalue weighted by atomic mass is 16.5. The Balaban J connectivity index is 1.61. The van der Waals surface area contributed by atoms with Gasteiger partial charge in [-0.15, -0.1) is 0 Å². The van der Waals surface area contributed by atoms with Crippen LogP contribution < -0.4 is 10.1 Å². The second-order valence-corrected chi connectivity index (χ2v) is 6.06. The number of carbonyl (C=O) groups is 2. The van der Waals surface area contributed by atoms with E-state index >= 15 is 0 Å². The molecule has 0 aromatic heterocycles. The summed E-state index contributed by atoms with van der Waals surface area (Å²) < 4.78 is 11.3. The van der Waals surface area contributed by atoms with Gasteiger partial charge in [0.25, 0.3) is 5.91 Å². The van der Waals surface area contributed by atoms with Gasteiger partial charge < -0.3 is 14.8 Å². The van der Waals surface area contributed by atoms with Crippen LogP contribution in [-0.2, 0) is 4.74 Å². The van der Waals surface area contributed by atoms with Gasteiger partial charge in [0.05, 0.1) is 6.10 Å². The summed E-state index contributed by atoms with van der Waals surface area (Å²) in [5.41, 5.74) is 1.77. The second-order valence-electron chi connectivity index (χ2n) is 6.06. The van der Waals surface area contributed by atoms with Crippen molar-refractivity contribution < 1.29 is 19.1 Å². The largest absolute Gasteiger partial charge is 0.491 e. The van der Waals surface area contributed by atoms with Gasteiger partial charge in [0.1, 0.15) is 12.4 Å². The number of ketones is 1. The molecule has 2 aromatic carbocycles. The molecular weight excluding hydrogens is 318 g/mol. The molecule has 1 aliphatic rings. The Hall–Kier alpha value is -2.66. The quantitative estimate of drug-likeness (QED) is 0.815. The summed E-state index contributed by atoms with van der Waals surface area (Å²) in [5, 5.41) is 2.82. The summed E-state index contributed by atoms with van der Waals surface area (Å²) in [6, 6.07) is 13.9. The summed E-state index contributed by atoms with van der Waals surface area (Å²) in [5.74, 6) is 0.419. The topological polar surface area (TPSA) is 64.6 Å². The molecule has 0 saturated carbocycles. The van der Waals surface area contributed by atoms with Gasteiger partial charge in [0, 0.05) is 23.4 Å². The molecule has 3 rings (SSSR count). The number of hydrogen-bond acceptors (Lipinski definition) is 4. The summed E-state index contributed by atoms with van der Waals surface area (Å²) in [7, 11) is 0. The molecule has 0 spiro atoms. The SMILES string of the molecule is CC(=O)c1ccc(NC(=O)c2cccc(OCC3CCCO3)c2)cc1. The first-order valence-electron chi connectivity index (χ1n) is 8.38. The van der Waals surface area contributed by atoms with Gasteiger partial charge in [-0.2, -0.15) is 0 Å². The molecule has 5 nitrogen and oxygen atoms in total. The van der Waals surface area contributed by atoms with Gasteiger partial charge in [0.2, 0.25) is 0 Å². The van der Waals surface area contributed by atoms with Crippen LogP contribution in [-0.4, -0.2) is 31.0 Å². The molecule has 2 aromatic rings. The number of amides is 1. The fourth-order valence-corrected chi connectivity index (χ4v) is 2.68. The molecule has 0 radical (unpaired) electrons. The minimum Gasteiger partial charge on any atom is -0.491 e. The van der Waals surface area contributed by atoms with E-state index in [4.69, 9.17) is 9.47 Å². The first-order chi connectivity index (χ1) is 12.1. The lowest BCUT2D eigenvalue weighted by molar-refractivity contribution is 0.0679. The number of nitrogens with one attached hydrogen (secondary N) is 1.